The predicted octanol–water partition coefficient (Wildman–Crippen LogP) is 1.99. The standard InChI is InChI=1S/C13H22N2O2/c1-3-4-10-5-6-11(16)7-12(10)15-8-9(2)14-13(15)17/h8,10-12,16H,3-7H2,1-2H3,(H,14,17). The first kappa shape index (κ1) is 12.4. The number of rotatable bonds is 3. The van der Waals surface area contributed by atoms with Gasteiger partial charge in [-0.15, -0.1) is 0 Å². The summed E-state index contributed by atoms with van der Waals surface area (Å²) in [4.78, 5) is 14.6. The van der Waals surface area contributed by atoms with E-state index in [2.05, 4.69) is 11.9 Å². The Bertz CT molecular complexity index is 421. The van der Waals surface area contributed by atoms with E-state index in [0.29, 0.717) is 12.3 Å². The van der Waals surface area contributed by atoms with Gasteiger partial charge in [0.25, 0.3) is 0 Å². The van der Waals surface area contributed by atoms with Gasteiger partial charge < -0.3 is 10.1 Å². The molecule has 4 nitrogen and oxygen atoms in total. The van der Waals surface area contributed by atoms with E-state index in [4.69, 9.17) is 0 Å². The second-order valence-corrected chi connectivity index (χ2v) is 5.23. The van der Waals surface area contributed by atoms with Crippen molar-refractivity contribution in [3.05, 3.63) is 22.4 Å². The van der Waals surface area contributed by atoms with Gasteiger partial charge in [-0.2, -0.15) is 0 Å². The van der Waals surface area contributed by atoms with Gasteiger partial charge in [-0.25, -0.2) is 4.79 Å². The molecule has 0 bridgehead atoms. The molecule has 0 amide bonds. The SMILES string of the molecule is CCCC1CCC(O)CC1n1cc(C)[nH]c1=O. The molecule has 1 heterocycles. The van der Waals surface area contributed by atoms with E-state index in [-0.39, 0.29) is 17.8 Å². The summed E-state index contributed by atoms with van der Waals surface area (Å²) in [6, 6.07) is 0.163. The highest BCUT2D eigenvalue weighted by molar-refractivity contribution is 4.97. The Balaban J connectivity index is 2.25. The Morgan fingerprint density at radius 2 is 2.29 bits per heavy atom. The van der Waals surface area contributed by atoms with Gasteiger partial charge in [-0.3, -0.25) is 4.57 Å². The fraction of sp³-hybridized carbons (Fsp3) is 0.769. The van der Waals surface area contributed by atoms with Crippen LogP contribution >= 0.6 is 0 Å². The third-order valence-corrected chi connectivity index (χ3v) is 3.82. The van der Waals surface area contributed by atoms with Gasteiger partial charge in [0.15, 0.2) is 0 Å². The summed E-state index contributed by atoms with van der Waals surface area (Å²) >= 11 is 0. The molecule has 1 aliphatic rings. The summed E-state index contributed by atoms with van der Waals surface area (Å²) in [5.74, 6) is 0.524. The number of H-pyrrole nitrogens is 1. The van der Waals surface area contributed by atoms with Crippen molar-refractivity contribution in [2.45, 2.75) is 58.1 Å². The monoisotopic (exact) mass is 238 g/mol. The molecule has 0 radical (unpaired) electrons. The third-order valence-electron chi connectivity index (χ3n) is 3.82. The minimum Gasteiger partial charge on any atom is -0.393 e. The van der Waals surface area contributed by atoms with Crippen molar-refractivity contribution in [2.24, 2.45) is 5.92 Å². The number of aliphatic hydroxyl groups is 1. The smallest absolute Gasteiger partial charge is 0.325 e. The van der Waals surface area contributed by atoms with E-state index in [1.165, 1.54) is 0 Å². The Morgan fingerprint density at radius 3 is 2.88 bits per heavy atom. The predicted molar refractivity (Wildman–Crippen MR) is 67.1 cm³/mol. The summed E-state index contributed by atoms with van der Waals surface area (Å²) in [6.07, 6.45) is 6.50. The van der Waals surface area contributed by atoms with Gasteiger partial charge in [0.1, 0.15) is 0 Å². The number of aromatic amines is 1. The van der Waals surface area contributed by atoms with Crippen LogP contribution in [0.4, 0.5) is 0 Å². The third kappa shape index (κ3) is 2.63. The lowest BCUT2D eigenvalue weighted by Crippen LogP contribution is -2.34. The highest BCUT2D eigenvalue weighted by atomic mass is 16.3. The average Bonchev–Trinajstić information content (AvgIpc) is 2.61. The van der Waals surface area contributed by atoms with Crippen LogP contribution in [0.5, 0.6) is 0 Å². The summed E-state index contributed by atoms with van der Waals surface area (Å²) in [5.41, 5.74) is 0.855. The number of aromatic nitrogens is 2. The summed E-state index contributed by atoms with van der Waals surface area (Å²) < 4.78 is 1.79. The van der Waals surface area contributed by atoms with Crippen molar-refractivity contribution < 1.29 is 5.11 Å². The molecule has 1 aromatic rings. The van der Waals surface area contributed by atoms with Gasteiger partial charge in [-0.05, 0) is 38.5 Å². The van der Waals surface area contributed by atoms with E-state index < -0.39 is 0 Å². The molecular formula is C13H22N2O2. The second-order valence-electron chi connectivity index (χ2n) is 5.23. The van der Waals surface area contributed by atoms with Crippen LogP contribution in [-0.4, -0.2) is 20.8 Å². The largest absolute Gasteiger partial charge is 0.393 e. The molecule has 0 aromatic carbocycles. The maximum atomic E-state index is 11.8. The quantitative estimate of drug-likeness (QED) is 0.846. The molecule has 2 N–H and O–H groups in total. The van der Waals surface area contributed by atoms with Crippen LogP contribution in [0.25, 0.3) is 0 Å². The molecule has 2 rings (SSSR count). The molecule has 4 heteroatoms. The van der Waals surface area contributed by atoms with Crippen molar-refractivity contribution in [3.63, 3.8) is 0 Å². The minimum atomic E-state index is -0.254. The van der Waals surface area contributed by atoms with Crippen LogP contribution in [0.15, 0.2) is 11.0 Å². The lowest BCUT2D eigenvalue weighted by Gasteiger charge is -2.34. The number of nitrogens with one attached hydrogen (secondary N) is 1. The molecule has 0 spiro atoms. The first-order valence-electron chi connectivity index (χ1n) is 6.57. The molecule has 0 aliphatic heterocycles. The molecule has 1 aromatic heterocycles. The summed E-state index contributed by atoms with van der Waals surface area (Å²) in [6.45, 7) is 4.07. The van der Waals surface area contributed by atoms with Gasteiger partial charge in [0.2, 0.25) is 0 Å². The number of nitrogens with zero attached hydrogens (tertiary/aromatic N) is 1. The normalized spacial score (nSPS) is 29.5. The molecular weight excluding hydrogens is 216 g/mol. The molecule has 1 fully saturated rings. The van der Waals surface area contributed by atoms with Gasteiger partial charge in [-0.1, -0.05) is 13.3 Å². The molecule has 0 saturated heterocycles. The Kier molecular flexibility index (Phi) is 3.72. The van der Waals surface area contributed by atoms with E-state index >= 15 is 0 Å². The van der Waals surface area contributed by atoms with E-state index in [1.54, 1.807) is 4.57 Å². The van der Waals surface area contributed by atoms with E-state index in [0.717, 1.165) is 31.4 Å². The van der Waals surface area contributed by atoms with Crippen molar-refractivity contribution >= 4 is 0 Å². The maximum absolute atomic E-state index is 11.8. The number of aryl methyl sites for hydroxylation is 1. The van der Waals surface area contributed by atoms with Gasteiger partial charge in [0.05, 0.1) is 6.10 Å². The Hall–Kier alpha value is -1.03. The molecule has 3 unspecified atom stereocenters. The Labute approximate surface area is 102 Å². The highest BCUT2D eigenvalue weighted by Gasteiger charge is 2.31. The summed E-state index contributed by atoms with van der Waals surface area (Å²) in [7, 11) is 0. The topological polar surface area (TPSA) is 58.0 Å². The van der Waals surface area contributed by atoms with Crippen LogP contribution in [0.2, 0.25) is 0 Å². The van der Waals surface area contributed by atoms with Gasteiger partial charge in [0, 0.05) is 17.9 Å². The van der Waals surface area contributed by atoms with Crippen LogP contribution < -0.4 is 5.69 Å². The molecule has 1 saturated carbocycles. The minimum absolute atomic E-state index is 0.0392. The first-order chi connectivity index (χ1) is 8.11. The number of hydrogen-bond acceptors (Lipinski definition) is 2. The molecule has 96 valence electrons. The number of aliphatic hydroxyl groups excluding tert-OH is 1. The lowest BCUT2D eigenvalue weighted by atomic mass is 9.80. The fourth-order valence-electron chi connectivity index (χ4n) is 3.02. The lowest BCUT2D eigenvalue weighted by molar-refractivity contribution is 0.0683. The second kappa shape index (κ2) is 5.08. The molecule has 3 atom stereocenters. The molecule has 17 heavy (non-hydrogen) atoms. The van der Waals surface area contributed by atoms with Crippen LogP contribution in [0.3, 0.4) is 0 Å². The number of imidazole rings is 1. The van der Waals surface area contributed by atoms with Crippen LogP contribution in [0, 0.1) is 12.8 Å². The zero-order valence-electron chi connectivity index (χ0n) is 10.6. The van der Waals surface area contributed by atoms with Crippen LogP contribution in [-0.2, 0) is 0 Å². The van der Waals surface area contributed by atoms with Crippen molar-refractivity contribution in [3.8, 4) is 0 Å². The van der Waals surface area contributed by atoms with Crippen LogP contribution in [0.1, 0.15) is 50.8 Å². The van der Waals surface area contributed by atoms with Gasteiger partial charge >= 0.3 is 5.69 Å². The fourth-order valence-corrected chi connectivity index (χ4v) is 3.02. The van der Waals surface area contributed by atoms with Crippen molar-refractivity contribution in [1.29, 1.82) is 0 Å². The first-order valence-corrected chi connectivity index (χ1v) is 6.57. The highest BCUT2D eigenvalue weighted by Crippen LogP contribution is 2.36. The average molecular weight is 238 g/mol. The van der Waals surface area contributed by atoms with E-state index in [1.807, 2.05) is 13.1 Å². The zero-order chi connectivity index (χ0) is 12.4. The molecule has 1 aliphatic carbocycles. The van der Waals surface area contributed by atoms with Crippen molar-refractivity contribution in [1.82, 2.24) is 9.55 Å². The van der Waals surface area contributed by atoms with Crippen molar-refractivity contribution in [2.75, 3.05) is 0 Å². The number of hydrogen-bond donors (Lipinski definition) is 2. The maximum Gasteiger partial charge on any atom is 0.325 e. The van der Waals surface area contributed by atoms with E-state index in [9.17, 15) is 9.90 Å². The summed E-state index contributed by atoms with van der Waals surface area (Å²) in [5, 5.41) is 9.80. The zero-order valence-corrected chi connectivity index (χ0v) is 10.6. The Morgan fingerprint density at radius 1 is 1.53 bits per heavy atom.